The smallest absolute Gasteiger partial charge is 0.197 e. The van der Waals surface area contributed by atoms with Gasteiger partial charge in [-0.3, -0.25) is 0 Å². The molecule has 0 fully saturated rings. The first kappa shape index (κ1) is 8.56. The minimum Gasteiger partial charge on any atom is -0.494 e. The van der Waals surface area contributed by atoms with E-state index in [1.54, 1.807) is 6.07 Å². The summed E-state index contributed by atoms with van der Waals surface area (Å²) in [4.78, 5) is 2.82. The van der Waals surface area contributed by atoms with E-state index in [4.69, 9.17) is 5.41 Å². The molecule has 3 heteroatoms. The summed E-state index contributed by atoms with van der Waals surface area (Å²) in [6.45, 7) is 0. The van der Waals surface area contributed by atoms with E-state index in [1.807, 2.05) is 30.3 Å². The number of aromatic amines is 1. The minimum atomic E-state index is 0.0406. The molecule has 2 aromatic rings. The third-order valence-corrected chi connectivity index (χ3v) is 2.07. The Hall–Kier alpha value is -2.03. The Morgan fingerprint density at radius 3 is 2.50 bits per heavy atom. The molecule has 0 unspecified atom stereocenters. The van der Waals surface area contributed by atoms with Crippen molar-refractivity contribution in [2.75, 3.05) is 0 Å². The molecular formula is C11H10N2O. The van der Waals surface area contributed by atoms with Gasteiger partial charge in [0, 0.05) is 11.9 Å². The van der Waals surface area contributed by atoms with Crippen molar-refractivity contribution in [2.24, 2.45) is 0 Å². The predicted molar refractivity (Wildman–Crippen MR) is 55.8 cm³/mol. The highest BCUT2D eigenvalue weighted by molar-refractivity contribution is 5.83. The lowest BCUT2D eigenvalue weighted by atomic mass is 10.1. The molecule has 0 aliphatic carbocycles. The van der Waals surface area contributed by atoms with Crippen molar-refractivity contribution in [1.82, 2.24) is 4.98 Å². The van der Waals surface area contributed by atoms with E-state index in [2.05, 4.69) is 4.98 Å². The van der Waals surface area contributed by atoms with E-state index in [0.717, 1.165) is 17.5 Å². The molecule has 3 N–H and O–H groups in total. The fourth-order valence-corrected chi connectivity index (χ4v) is 1.34. The van der Waals surface area contributed by atoms with Gasteiger partial charge in [0.1, 0.15) is 0 Å². The standard InChI is InChI=1S/C11H10N2O/c12-7-9-6-10(13-11(9)14)8-4-2-1-3-5-8/h1-7,12-14H. The van der Waals surface area contributed by atoms with Crippen LogP contribution in [0.1, 0.15) is 5.56 Å². The van der Waals surface area contributed by atoms with E-state index in [0.29, 0.717) is 5.56 Å². The number of aromatic hydroxyl groups is 1. The van der Waals surface area contributed by atoms with Gasteiger partial charge in [-0.2, -0.15) is 0 Å². The maximum absolute atomic E-state index is 9.39. The van der Waals surface area contributed by atoms with Crippen molar-refractivity contribution in [1.29, 1.82) is 5.41 Å². The van der Waals surface area contributed by atoms with Crippen LogP contribution in [0.3, 0.4) is 0 Å². The highest BCUT2D eigenvalue weighted by atomic mass is 16.3. The molecule has 0 amide bonds. The number of hydrogen-bond acceptors (Lipinski definition) is 2. The van der Waals surface area contributed by atoms with Gasteiger partial charge in [0.15, 0.2) is 5.88 Å². The zero-order chi connectivity index (χ0) is 9.97. The van der Waals surface area contributed by atoms with E-state index in [9.17, 15) is 5.11 Å². The first-order valence-corrected chi connectivity index (χ1v) is 4.29. The number of aromatic nitrogens is 1. The third kappa shape index (κ3) is 1.40. The lowest BCUT2D eigenvalue weighted by Gasteiger charge is -1.94. The monoisotopic (exact) mass is 186 g/mol. The molecule has 0 bridgehead atoms. The zero-order valence-electron chi connectivity index (χ0n) is 7.49. The van der Waals surface area contributed by atoms with Crippen molar-refractivity contribution in [3.63, 3.8) is 0 Å². The molecule has 0 aliphatic heterocycles. The molecule has 1 aromatic carbocycles. The molecule has 1 heterocycles. The van der Waals surface area contributed by atoms with Crippen molar-refractivity contribution < 1.29 is 5.11 Å². The highest BCUT2D eigenvalue weighted by Gasteiger charge is 2.05. The Bertz CT molecular complexity index is 446. The average molecular weight is 186 g/mol. The highest BCUT2D eigenvalue weighted by Crippen LogP contribution is 2.23. The van der Waals surface area contributed by atoms with Crippen LogP contribution in [0, 0.1) is 5.41 Å². The van der Waals surface area contributed by atoms with Crippen LogP contribution in [0.5, 0.6) is 5.88 Å². The third-order valence-electron chi connectivity index (χ3n) is 2.07. The van der Waals surface area contributed by atoms with Gasteiger partial charge < -0.3 is 15.5 Å². The second kappa shape index (κ2) is 3.38. The Kier molecular flexibility index (Phi) is 2.07. The molecule has 0 aliphatic rings. The summed E-state index contributed by atoms with van der Waals surface area (Å²) < 4.78 is 0. The molecule has 0 spiro atoms. The predicted octanol–water partition coefficient (Wildman–Crippen LogP) is 2.38. The van der Waals surface area contributed by atoms with Crippen LogP contribution >= 0.6 is 0 Å². The number of nitrogens with one attached hydrogen (secondary N) is 2. The van der Waals surface area contributed by atoms with Crippen LogP contribution in [0.4, 0.5) is 0 Å². The van der Waals surface area contributed by atoms with Gasteiger partial charge >= 0.3 is 0 Å². The molecule has 2 rings (SSSR count). The normalized spacial score (nSPS) is 10.0. The van der Waals surface area contributed by atoms with E-state index >= 15 is 0 Å². The molecule has 0 saturated heterocycles. The van der Waals surface area contributed by atoms with Crippen LogP contribution in [0.15, 0.2) is 36.4 Å². The molecule has 3 nitrogen and oxygen atoms in total. The van der Waals surface area contributed by atoms with Gasteiger partial charge in [-0.1, -0.05) is 30.3 Å². The summed E-state index contributed by atoms with van der Waals surface area (Å²) in [5, 5.41) is 16.4. The maximum atomic E-state index is 9.39. The first-order chi connectivity index (χ1) is 6.81. The summed E-state index contributed by atoms with van der Waals surface area (Å²) in [5.41, 5.74) is 2.32. The van der Waals surface area contributed by atoms with Gasteiger partial charge in [0.2, 0.25) is 0 Å². The Balaban J connectivity index is 2.48. The van der Waals surface area contributed by atoms with E-state index < -0.39 is 0 Å². The summed E-state index contributed by atoms with van der Waals surface area (Å²) in [7, 11) is 0. The van der Waals surface area contributed by atoms with Gasteiger partial charge in [-0.15, -0.1) is 0 Å². The molecular weight excluding hydrogens is 176 g/mol. The van der Waals surface area contributed by atoms with Crippen LogP contribution in [0.25, 0.3) is 11.3 Å². The van der Waals surface area contributed by atoms with Gasteiger partial charge in [0.25, 0.3) is 0 Å². The Labute approximate surface area is 81.5 Å². The van der Waals surface area contributed by atoms with Gasteiger partial charge in [-0.25, -0.2) is 0 Å². The molecule has 0 saturated carbocycles. The van der Waals surface area contributed by atoms with Crippen LogP contribution in [0.2, 0.25) is 0 Å². The van der Waals surface area contributed by atoms with Crippen molar-refractivity contribution in [2.45, 2.75) is 0 Å². The summed E-state index contributed by atoms with van der Waals surface area (Å²) in [6, 6.07) is 11.4. The second-order valence-electron chi connectivity index (χ2n) is 3.00. The first-order valence-electron chi connectivity index (χ1n) is 4.29. The number of benzene rings is 1. The number of hydrogen-bond donors (Lipinski definition) is 3. The summed E-state index contributed by atoms with van der Waals surface area (Å²) >= 11 is 0. The number of rotatable bonds is 2. The van der Waals surface area contributed by atoms with Crippen molar-refractivity contribution >= 4 is 6.21 Å². The SMILES string of the molecule is N=Cc1cc(-c2ccccc2)[nH]c1O. The number of H-pyrrole nitrogens is 1. The topological polar surface area (TPSA) is 59.9 Å². The Morgan fingerprint density at radius 1 is 1.21 bits per heavy atom. The summed E-state index contributed by atoms with van der Waals surface area (Å²) in [5.74, 6) is 0.0406. The quantitative estimate of drug-likeness (QED) is 0.619. The molecule has 0 radical (unpaired) electrons. The molecule has 14 heavy (non-hydrogen) atoms. The van der Waals surface area contributed by atoms with Crippen LogP contribution in [-0.4, -0.2) is 16.3 Å². The van der Waals surface area contributed by atoms with Crippen molar-refractivity contribution in [3.05, 3.63) is 42.0 Å². The molecule has 1 aromatic heterocycles. The zero-order valence-corrected chi connectivity index (χ0v) is 7.49. The minimum absolute atomic E-state index is 0.0406. The Morgan fingerprint density at radius 2 is 1.93 bits per heavy atom. The second-order valence-corrected chi connectivity index (χ2v) is 3.00. The van der Waals surface area contributed by atoms with E-state index in [1.165, 1.54) is 0 Å². The van der Waals surface area contributed by atoms with Crippen LogP contribution < -0.4 is 0 Å². The van der Waals surface area contributed by atoms with Gasteiger partial charge in [0.05, 0.1) is 5.56 Å². The average Bonchev–Trinajstić information content (AvgIpc) is 2.61. The molecule has 70 valence electrons. The maximum Gasteiger partial charge on any atom is 0.197 e. The van der Waals surface area contributed by atoms with Gasteiger partial charge in [-0.05, 0) is 11.6 Å². The lowest BCUT2D eigenvalue weighted by Crippen LogP contribution is -1.74. The van der Waals surface area contributed by atoms with E-state index in [-0.39, 0.29) is 5.88 Å². The lowest BCUT2D eigenvalue weighted by molar-refractivity contribution is 0.456. The molecule has 0 atom stereocenters. The fourth-order valence-electron chi connectivity index (χ4n) is 1.34. The van der Waals surface area contributed by atoms with Crippen LogP contribution in [-0.2, 0) is 0 Å². The fraction of sp³-hybridized carbons (Fsp3) is 0. The van der Waals surface area contributed by atoms with Crippen molar-refractivity contribution in [3.8, 4) is 17.1 Å². The summed E-state index contributed by atoms with van der Waals surface area (Å²) in [6.07, 6.45) is 1.12. The largest absolute Gasteiger partial charge is 0.494 e.